The lowest BCUT2D eigenvalue weighted by atomic mass is 10.0. The van der Waals surface area contributed by atoms with E-state index in [2.05, 4.69) is 5.10 Å². The summed E-state index contributed by atoms with van der Waals surface area (Å²) in [6, 6.07) is 0. The topological polar surface area (TPSA) is 75.4 Å². The molecule has 124 valence electrons. The molecule has 3 atom stereocenters. The van der Waals surface area contributed by atoms with Gasteiger partial charge in [0.1, 0.15) is 0 Å². The number of nitrogens with zero attached hydrogens (tertiary/aromatic N) is 3. The van der Waals surface area contributed by atoms with Crippen molar-refractivity contribution in [1.82, 2.24) is 14.7 Å². The highest BCUT2D eigenvalue weighted by atomic mass is 19.3. The van der Waals surface area contributed by atoms with Crippen molar-refractivity contribution in [2.24, 2.45) is 24.8 Å². The molecule has 0 aromatic carbocycles. The molecule has 2 heterocycles. The Morgan fingerprint density at radius 2 is 1.96 bits per heavy atom. The average molecular weight is 325 g/mol. The number of amides is 1. The first-order valence-electron chi connectivity index (χ1n) is 7.73. The quantitative estimate of drug-likeness (QED) is 0.889. The molecule has 2 fully saturated rings. The molecule has 0 bridgehead atoms. The van der Waals surface area contributed by atoms with Gasteiger partial charge >= 0.3 is 5.97 Å². The number of aromatic carboxylic acids is 1. The molecular weight excluding hydrogens is 308 g/mol. The summed E-state index contributed by atoms with van der Waals surface area (Å²) in [5.41, 5.74) is 1.37. The number of hydrogen-bond donors (Lipinski definition) is 1. The second-order valence-corrected chi connectivity index (χ2v) is 6.83. The Balaban J connectivity index is 1.51. The van der Waals surface area contributed by atoms with Crippen LogP contribution in [0.15, 0.2) is 0 Å². The number of hydrogen-bond acceptors (Lipinski definition) is 3. The molecule has 2 aliphatic carbocycles. The molecule has 23 heavy (non-hydrogen) atoms. The lowest BCUT2D eigenvalue weighted by Crippen LogP contribution is -2.38. The van der Waals surface area contributed by atoms with Crippen LogP contribution in [0.1, 0.15) is 34.6 Å². The number of carboxylic acid groups (broad SMARTS) is 1. The van der Waals surface area contributed by atoms with Crippen LogP contribution in [0, 0.1) is 17.8 Å². The van der Waals surface area contributed by atoms with Gasteiger partial charge < -0.3 is 10.0 Å². The van der Waals surface area contributed by atoms with Crippen LogP contribution in [0.2, 0.25) is 0 Å². The zero-order chi connectivity index (χ0) is 16.5. The first-order chi connectivity index (χ1) is 10.8. The van der Waals surface area contributed by atoms with E-state index in [0.29, 0.717) is 24.2 Å². The summed E-state index contributed by atoms with van der Waals surface area (Å²) >= 11 is 0. The van der Waals surface area contributed by atoms with Gasteiger partial charge in [0.25, 0.3) is 0 Å². The van der Waals surface area contributed by atoms with E-state index < -0.39 is 11.9 Å². The smallest absolute Gasteiger partial charge is 0.354 e. The van der Waals surface area contributed by atoms with E-state index in [9.17, 15) is 23.5 Å². The number of alkyl halides is 2. The molecule has 1 aliphatic heterocycles. The van der Waals surface area contributed by atoms with Gasteiger partial charge in [0, 0.05) is 50.9 Å². The largest absolute Gasteiger partial charge is 0.477 e. The number of aromatic nitrogens is 2. The number of carboxylic acids is 1. The van der Waals surface area contributed by atoms with Crippen molar-refractivity contribution < 1.29 is 23.5 Å². The summed E-state index contributed by atoms with van der Waals surface area (Å²) < 4.78 is 27.8. The zero-order valence-electron chi connectivity index (χ0n) is 12.6. The van der Waals surface area contributed by atoms with Crippen LogP contribution in [0.3, 0.4) is 0 Å². The van der Waals surface area contributed by atoms with Crippen molar-refractivity contribution >= 4 is 11.9 Å². The van der Waals surface area contributed by atoms with Gasteiger partial charge in [0.05, 0.1) is 5.69 Å². The van der Waals surface area contributed by atoms with Gasteiger partial charge in [-0.1, -0.05) is 0 Å². The van der Waals surface area contributed by atoms with Gasteiger partial charge in [0.2, 0.25) is 11.8 Å². The normalized spacial score (nSPS) is 30.7. The predicted molar refractivity (Wildman–Crippen MR) is 73.9 cm³/mol. The summed E-state index contributed by atoms with van der Waals surface area (Å²) in [6.45, 7) is 0.671. The lowest BCUT2D eigenvalue weighted by molar-refractivity contribution is -0.135. The van der Waals surface area contributed by atoms with Crippen LogP contribution in [0.5, 0.6) is 0 Å². The fraction of sp³-hybridized carbons (Fsp3) is 0.667. The Morgan fingerprint density at radius 1 is 1.30 bits per heavy atom. The predicted octanol–water partition coefficient (Wildman–Crippen LogP) is 1.29. The van der Waals surface area contributed by atoms with E-state index >= 15 is 0 Å². The maximum absolute atomic E-state index is 13.2. The number of fused-ring (bicyclic) bond motifs is 2. The molecule has 1 aromatic heterocycles. The Kier molecular flexibility index (Phi) is 2.87. The molecular formula is C15H17F2N3O3. The van der Waals surface area contributed by atoms with Gasteiger partial charge in [-0.3, -0.25) is 9.48 Å². The molecule has 1 aromatic rings. The van der Waals surface area contributed by atoms with Crippen LogP contribution in [0.4, 0.5) is 8.78 Å². The fourth-order valence-corrected chi connectivity index (χ4v) is 4.31. The molecule has 0 saturated heterocycles. The van der Waals surface area contributed by atoms with E-state index in [0.717, 1.165) is 0 Å². The number of halogens is 2. The summed E-state index contributed by atoms with van der Waals surface area (Å²) in [4.78, 5) is 25.6. The maximum Gasteiger partial charge on any atom is 0.354 e. The van der Waals surface area contributed by atoms with E-state index in [1.54, 1.807) is 11.9 Å². The Bertz CT molecular complexity index is 701. The van der Waals surface area contributed by atoms with Crippen LogP contribution in [-0.4, -0.2) is 44.1 Å². The first kappa shape index (κ1) is 14.6. The van der Waals surface area contributed by atoms with E-state index in [-0.39, 0.29) is 48.7 Å². The molecule has 4 rings (SSSR count). The van der Waals surface area contributed by atoms with Crippen molar-refractivity contribution in [2.75, 3.05) is 6.54 Å². The van der Waals surface area contributed by atoms with Crippen molar-refractivity contribution in [3.05, 3.63) is 17.0 Å². The summed E-state index contributed by atoms with van der Waals surface area (Å²) in [5.74, 6) is -4.51. The average Bonchev–Trinajstić information content (AvgIpc) is 2.83. The number of carbonyl (C=O) groups excluding carboxylic acids is 1. The first-order valence-corrected chi connectivity index (χ1v) is 7.73. The molecule has 6 nitrogen and oxygen atoms in total. The Hall–Kier alpha value is -1.99. The van der Waals surface area contributed by atoms with Crippen LogP contribution in [-0.2, 0) is 24.8 Å². The summed E-state index contributed by atoms with van der Waals surface area (Å²) in [6.07, 6.45) is 0.112. The molecule has 0 spiro atoms. The molecule has 0 radical (unpaired) electrons. The standard InChI is InChI=1S/C15H17F2N3O3/c1-19-12(14(22)23)9-6-20(3-2-10(9)18-19)13(21)11-7-4-15(16,17)5-8(7)11/h7-8,11H,2-6H2,1H3,(H,22,23)/t7-,8+,11?. The third kappa shape index (κ3) is 2.14. The second-order valence-electron chi connectivity index (χ2n) is 6.83. The maximum atomic E-state index is 13.2. The van der Waals surface area contributed by atoms with Gasteiger partial charge in [-0.05, 0) is 11.8 Å². The molecule has 3 aliphatic rings. The number of rotatable bonds is 2. The highest BCUT2D eigenvalue weighted by molar-refractivity contribution is 5.88. The third-order valence-electron chi connectivity index (χ3n) is 5.40. The van der Waals surface area contributed by atoms with Crippen molar-refractivity contribution in [2.45, 2.75) is 31.7 Å². The van der Waals surface area contributed by atoms with Crippen LogP contribution >= 0.6 is 0 Å². The second kappa shape index (κ2) is 4.52. The van der Waals surface area contributed by atoms with Crippen LogP contribution < -0.4 is 0 Å². The molecule has 1 N–H and O–H groups in total. The molecule has 1 amide bonds. The molecule has 1 unspecified atom stereocenters. The number of carbonyl (C=O) groups is 2. The van der Waals surface area contributed by atoms with E-state index in [1.807, 2.05) is 0 Å². The SMILES string of the molecule is Cn1nc2c(c1C(=O)O)CN(C(=O)C1[C@H]3CC(F)(F)C[C@@H]13)CC2. The van der Waals surface area contributed by atoms with Crippen molar-refractivity contribution in [1.29, 1.82) is 0 Å². The highest BCUT2D eigenvalue weighted by Crippen LogP contribution is 2.63. The molecule has 2 saturated carbocycles. The van der Waals surface area contributed by atoms with Crippen molar-refractivity contribution in [3.8, 4) is 0 Å². The van der Waals surface area contributed by atoms with Gasteiger partial charge in [-0.25, -0.2) is 13.6 Å². The highest BCUT2D eigenvalue weighted by Gasteiger charge is 2.66. The minimum absolute atomic E-state index is 0.0972. The van der Waals surface area contributed by atoms with Crippen molar-refractivity contribution in [3.63, 3.8) is 0 Å². The van der Waals surface area contributed by atoms with E-state index in [4.69, 9.17) is 0 Å². The van der Waals surface area contributed by atoms with Gasteiger partial charge in [-0.2, -0.15) is 5.10 Å². The Labute approximate surface area is 131 Å². The minimum atomic E-state index is -2.62. The fourth-order valence-electron chi connectivity index (χ4n) is 4.31. The lowest BCUT2D eigenvalue weighted by Gasteiger charge is -2.27. The van der Waals surface area contributed by atoms with Gasteiger partial charge in [-0.15, -0.1) is 0 Å². The van der Waals surface area contributed by atoms with Crippen LogP contribution in [0.25, 0.3) is 0 Å². The van der Waals surface area contributed by atoms with Gasteiger partial charge in [0.15, 0.2) is 5.69 Å². The third-order valence-corrected chi connectivity index (χ3v) is 5.40. The number of aryl methyl sites for hydroxylation is 1. The Morgan fingerprint density at radius 3 is 2.57 bits per heavy atom. The minimum Gasteiger partial charge on any atom is -0.477 e. The monoisotopic (exact) mass is 325 g/mol. The molecule has 8 heteroatoms. The summed E-state index contributed by atoms with van der Waals surface area (Å²) in [5, 5.41) is 13.5. The zero-order valence-corrected chi connectivity index (χ0v) is 12.6. The summed E-state index contributed by atoms with van der Waals surface area (Å²) in [7, 11) is 1.57. The van der Waals surface area contributed by atoms with E-state index in [1.165, 1.54) is 4.68 Å².